The summed E-state index contributed by atoms with van der Waals surface area (Å²) in [6, 6.07) is 12.1. The Kier molecular flexibility index (Phi) is 5.32. The fourth-order valence-electron chi connectivity index (χ4n) is 4.51. The number of ether oxygens (including phenoxy) is 1. The van der Waals surface area contributed by atoms with Crippen LogP contribution in [0.15, 0.2) is 58.3 Å². The number of anilines is 1. The summed E-state index contributed by atoms with van der Waals surface area (Å²) in [7, 11) is 3.63. The van der Waals surface area contributed by atoms with Crippen LogP contribution in [0, 0.1) is 0 Å². The number of nitrogens with one attached hydrogen (secondary N) is 1. The number of carbonyl (C=O) groups is 2. The third-order valence-corrected chi connectivity index (χ3v) is 6.37. The molecule has 5 rings (SSSR count). The van der Waals surface area contributed by atoms with Crippen molar-refractivity contribution in [3.05, 3.63) is 64.7 Å². The second-order valence-corrected chi connectivity index (χ2v) is 8.51. The van der Waals surface area contributed by atoms with E-state index >= 15 is 0 Å². The minimum absolute atomic E-state index is 0.100. The van der Waals surface area contributed by atoms with Crippen LogP contribution in [0.25, 0.3) is 5.70 Å². The van der Waals surface area contributed by atoms with Crippen molar-refractivity contribution < 1.29 is 19.4 Å². The molecule has 9 nitrogen and oxygen atoms in total. The minimum Gasteiger partial charge on any atom is -0.497 e. The van der Waals surface area contributed by atoms with Crippen LogP contribution < -0.4 is 10.1 Å². The van der Waals surface area contributed by atoms with Crippen molar-refractivity contribution in [3.8, 4) is 5.75 Å². The molecule has 1 unspecified atom stereocenters. The molecule has 2 aromatic rings. The minimum atomic E-state index is -1.86. The number of ketones is 1. The smallest absolute Gasteiger partial charge is 0.238 e. The summed E-state index contributed by atoms with van der Waals surface area (Å²) in [5.74, 6) is 0.0792. The number of Topliss-reactive ketones (excluding diaryl/α,β-unsaturated/α-hetero) is 1. The molecule has 0 spiro atoms. The first-order valence-corrected chi connectivity index (χ1v) is 10.8. The lowest BCUT2D eigenvalue weighted by Gasteiger charge is -2.31. The maximum atomic E-state index is 13.5. The lowest BCUT2D eigenvalue weighted by Crippen LogP contribution is -2.47. The van der Waals surface area contributed by atoms with Crippen LogP contribution in [0.2, 0.25) is 0 Å². The number of benzene rings is 2. The number of azo groups is 1. The molecule has 3 aliphatic rings. The first-order chi connectivity index (χ1) is 15.9. The molecule has 1 amide bonds. The van der Waals surface area contributed by atoms with E-state index in [0.717, 1.165) is 26.2 Å². The van der Waals surface area contributed by atoms with Gasteiger partial charge >= 0.3 is 0 Å². The molecule has 2 N–H and O–H groups in total. The lowest BCUT2D eigenvalue weighted by atomic mass is 9.99. The van der Waals surface area contributed by atoms with Gasteiger partial charge in [-0.05, 0) is 37.4 Å². The third kappa shape index (κ3) is 3.64. The standard InChI is InChI=1S/C24H25N5O4/c1-28-10-12-29(13-11-28)14-19(30)25-18-5-3-4-17-20(18)23(31)21-22(26-27-24(17,21)32)15-6-8-16(33-2)9-7-15/h3-9,32H,10-14H2,1-2H3,(H,25,30). The van der Waals surface area contributed by atoms with Crippen molar-refractivity contribution in [2.75, 3.05) is 52.2 Å². The first-order valence-electron chi connectivity index (χ1n) is 10.8. The van der Waals surface area contributed by atoms with E-state index in [0.29, 0.717) is 28.3 Å². The largest absolute Gasteiger partial charge is 0.497 e. The molecule has 0 bridgehead atoms. The van der Waals surface area contributed by atoms with Gasteiger partial charge in [0.2, 0.25) is 11.6 Å². The Labute approximate surface area is 191 Å². The number of piperazine rings is 1. The maximum Gasteiger partial charge on any atom is 0.238 e. The summed E-state index contributed by atoms with van der Waals surface area (Å²) in [4.78, 5) is 30.5. The van der Waals surface area contributed by atoms with E-state index in [9.17, 15) is 14.7 Å². The molecule has 2 aromatic carbocycles. The Morgan fingerprint density at radius 2 is 1.88 bits per heavy atom. The van der Waals surface area contributed by atoms with Gasteiger partial charge in [0.1, 0.15) is 11.4 Å². The molecular weight excluding hydrogens is 422 g/mol. The fraction of sp³-hybridized carbons (Fsp3) is 0.333. The molecule has 33 heavy (non-hydrogen) atoms. The van der Waals surface area contributed by atoms with E-state index in [-0.39, 0.29) is 29.4 Å². The van der Waals surface area contributed by atoms with E-state index in [4.69, 9.17) is 4.74 Å². The molecule has 170 valence electrons. The van der Waals surface area contributed by atoms with Gasteiger partial charge in [-0.3, -0.25) is 14.5 Å². The maximum absolute atomic E-state index is 13.5. The number of rotatable bonds is 5. The van der Waals surface area contributed by atoms with Gasteiger partial charge in [-0.15, -0.1) is 5.11 Å². The van der Waals surface area contributed by atoms with Crippen LogP contribution in [0.1, 0.15) is 21.5 Å². The van der Waals surface area contributed by atoms with E-state index in [1.165, 1.54) is 0 Å². The zero-order chi connectivity index (χ0) is 23.2. The Bertz CT molecular complexity index is 1180. The predicted octanol–water partition coefficient (Wildman–Crippen LogP) is 2.10. The van der Waals surface area contributed by atoms with E-state index in [1.54, 1.807) is 49.6 Å². The monoisotopic (exact) mass is 447 g/mol. The van der Waals surface area contributed by atoms with Crippen LogP contribution in [0.3, 0.4) is 0 Å². The summed E-state index contributed by atoms with van der Waals surface area (Å²) in [6.07, 6.45) is 0. The average molecular weight is 447 g/mol. The normalized spacial score (nSPS) is 22.5. The highest BCUT2D eigenvalue weighted by Gasteiger charge is 2.53. The number of hydrogen-bond acceptors (Lipinski definition) is 8. The number of likely N-dealkylation sites (N-methyl/N-ethyl adjacent to an activating group) is 1. The van der Waals surface area contributed by atoms with Gasteiger partial charge in [0.15, 0.2) is 5.78 Å². The Morgan fingerprint density at radius 3 is 2.58 bits per heavy atom. The Hall–Kier alpha value is -3.40. The summed E-state index contributed by atoms with van der Waals surface area (Å²) < 4.78 is 5.19. The number of methoxy groups -OCH3 is 1. The molecule has 9 heteroatoms. The topological polar surface area (TPSA) is 107 Å². The number of carbonyl (C=O) groups excluding carboxylic acids is 2. The van der Waals surface area contributed by atoms with Gasteiger partial charge in [0.05, 0.1) is 30.5 Å². The predicted molar refractivity (Wildman–Crippen MR) is 122 cm³/mol. The van der Waals surface area contributed by atoms with Gasteiger partial charge in [0, 0.05) is 37.3 Å². The molecule has 0 aromatic heterocycles. The summed E-state index contributed by atoms with van der Waals surface area (Å²) in [5, 5.41) is 22.4. The number of fused-ring (bicyclic) bond motifs is 3. The number of aliphatic hydroxyl groups is 1. The second-order valence-electron chi connectivity index (χ2n) is 8.51. The van der Waals surface area contributed by atoms with E-state index in [2.05, 4.69) is 32.4 Å². The second kappa shape index (κ2) is 8.18. The number of amides is 1. The van der Waals surface area contributed by atoms with Gasteiger partial charge in [0.25, 0.3) is 0 Å². The highest BCUT2D eigenvalue weighted by Crippen LogP contribution is 2.51. The SMILES string of the molecule is COc1ccc(C2=C3C(=O)c4c(NC(=O)CN5CCN(C)CC5)cccc4C3(O)N=N2)cc1. The van der Waals surface area contributed by atoms with Crippen molar-refractivity contribution in [1.29, 1.82) is 0 Å². The quantitative estimate of drug-likeness (QED) is 0.727. The van der Waals surface area contributed by atoms with E-state index < -0.39 is 5.72 Å². The molecule has 1 atom stereocenters. The van der Waals surface area contributed by atoms with Crippen molar-refractivity contribution in [2.45, 2.75) is 5.72 Å². The highest BCUT2D eigenvalue weighted by molar-refractivity contribution is 6.22. The van der Waals surface area contributed by atoms with Crippen LogP contribution in [0.5, 0.6) is 5.75 Å². The first kappa shape index (κ1) is 21.4. The zero-order valence-electron chi connectivity index (χ0n) is 18.5. The molecule has 0 radical (unpaired) electrons. The number of hydrogen-bond donors (Lipinski definition) is 2. The molecular formula is C24H25N5O4. The average Bonchev–Trinajstić information content (AvgIpc) is 3.28. The Morgan fingerprint density at radius 1 is 1.15 bits per heavy atom. The fourth-order valence-corrected chi connectivity index (χ4v) is 4.51. The lowest BCUT2D eigenvalue weighted by molar-refractivity contribution is -0.117. The molecule has 2 aliphatic heterocycles. The third-order valence-electron chi connectivity index (χ3n) is 6.37. The molecule has 1 saturated heterocycles. The van der Waals surface area contributed by atoms with Crippen LogP contribution in [-0.2, 0) is 10.5 Å². The number of nitrogens with zero attached hydrogens (tertiary/aromatic N) is 4. The van der Waals surface area contributed by atoms with Gasteiger partial charge in [-0.2, -0.15) is 5.11 Å². The molecule has 0 saturated carbocycles. The van der Waals surface area contributed by atoms with Crippen molar-refractivity contribution in [3.63, 3.8) is 0 Å². The molecule has 1 aliphatic carbocycles. The van der Waals surface area contributed by atoms with Crippen molar-refractivity contribution >= 4 is 23.1 Å². The molecule has 2 heterocycles. The van der Waals surface area contributed by atoms with Crippen LogP contribution >= 0.6 is 0 Å². The van der Waals surface area contributed by atoms with Crippen molar-refractivity contribution in [1.82, 2.24) is 9.80 Å². The van der Waals surface area contributed by atoms with E-state index in [1.807, 2.05) is 0 Å². The summed E-state index contributed by atoms with van der Waals surface area (Å²) >= 11 is 0. The van der Waals surface area contributed by atoms with Crippen LogP contribution in [0.4, 0.5) is 5.69 Å². The highest BCUT2D eigenvalue weighted by atomic mass is 16.5. The van der Waals surface area contributed by atoms with Gasteiger partial charge in [-0.25, -0.2) is 0 Å². The molecule has 1 fully saturated rings. The van der Waals surface area contributed by atoms with Crippen LogP contribution in [-0.4, -0.2) is 73.5 Å². The van der Waals surface area contributed by atoms with Gasteiger partial charge in [-0.1, -0.05) is 12.1 Å². The zero-order valence-corrected chi connectivity index (χ0v) is 18.5. The Balaban J connectivity index is 1.44. The van der Waals surface area contributed by atoms with Crippen molar-refractivity contribution in [2.24, 2.45) is 10.2 Å². The summed E-state index contributed by atoms with van der Waals surface area (Å²) in [6.45, 7) is 3.69. The van der Waals surface area contributed by atoms with Gasteiger partial charge < -0.3 is 20.1 Å². The summed E-state index contributed by atoms with van der Waals surface area (Å²) in [5.41, 5.74) is 0.154.